The highest BCUT2D eigenvalue weighted by Gasteiger charge is 2.24. The van der Waals surface area contributed by atoms with Crippen molar-refractivity contribution in [2.24, 2.45) is 0 Å². The van der Waals surface area contributed by atoms with E-state index in [0.29, 0.717) is 17.0 Å². The average molecular weight is 452 g/mol. The predicted octanol–water partition coefficient (Wildman–Crippen LogP) is 5.00. The lowest BCUT2D eigenvalue weighted by molar-refractivity contribution is -0.141. The summed E-state index contributed by atoms with van der Waals surface area (Å²) >= 11 is 0. The van der Waals surface area contributed by atoms with Crippen molar-refractivity contribution in [1.82, 2.24) is 15.1 Å². The van der Waals surface area contributed by atoms with E-state index < -0.39 is 11.9 Å². The highest BCUT2D eigenvalue weighted by molar-refractivity contribution is 6.04. The van der Waals surface area contributed by atoms with Crippen LogP contribution in [0.25, 0.3) is 29.1 Å². The Balaban J connectivity index is 1.86. The van der Waals surface area contributed by atoms with Crippen molar-refractivity contribution in [3.05, 3.63) is 108 Å². The van der Waals surface area contributed by atoms with Crippen LogP contribution in [-0.2, 0) is 9.53 Å². The number of rotatable bonds is 8. The van der Waals surface area contributed by atoms with Gasteiger partial charge in [-0.25, -0.2) is 4.68 Å². The molecule has 1 heterocycles. The Morgan fingerprint density at radius 2 is 1.50 bits per heavy atom. The van der Waals surface area contributed by atoms with E-state index in [2.05, 4.69) is 5.32 Å². The van der Waals surface area contributed by atoms with E-state index in [1.54, 1.807) is 11.6 Å². The van der Waals surface area contributed by atoms with Crippen LogP contribution < -0.4 is 5.32 Å². The standard InChI is InChI=1S/C28H25N3O3/c1-2-34-25(32)20-29-28(33)26-24(19-18-21-12-6-3-7-13-21)31(23-16-10-5-11-17-23)30-27(26)22-14-8-4-9-15-22/h3-19H,2,20H2,1H3,(H,29,33)/b19-18+. The van der Waals surface area contributed by atoms with E-state index in [4.69, 9.17) is 9.84 Å². The molecule has 34 heavy (non-hydrogen) atoms. The first-order valence-corrected chi connectivity index (χ1v) is 11.1. The monoisotopic (exact) mass is 451 g/mol. The van der Waals surface area contributed by atoms with Crippen molar-refractivity contribution in [3.8, 4) is 16.9 Å². The third-order valence-corrected chi connectivity index (χ3v) is 5.13. The first-order chi connectivity index (χ1) is 16.7. The lowest BCUT2D eigenvalue weighted by atomic mass is 10.0. The maximum Gasteiger partial charge on any atom is 0.325 e. The molecule has 0 aliphatic rings. The summed E-state index contributed by atoms with van der Waals surface area (Å²) in [6, 6.07) is 29.0. The fraction of sp³-hybridized carbons (Fsp3) is 0.107. The summed E-state index contributed by atoms with van der Waals surface area (Å²) in [7, 11) is 0. The second-order valence-electron chi connectivity index (χ2n) is 7.45. The lowest BCUT2D eigenvalue weighted by Crippen LogP contribution is -2.31. The number of nitrogens with zero attached hydrogens (tertiary/aromatic N) is 2. The molecule has 0 radical (unpaired) electrons. The van der Waals surface area contributed by atoms with E-state index in [1.165, 1.54) is 0 Å². The van der Waals surface area contributed by atoms with Crippen LogP contribution in [0.5, 0.6) is 0 Å². The fourth-order valence-electron chi connectivity index (χ4n) is 3.57. The lowest BCUT2D eigenvalue weighted by Gasteiger charge is -2.08. The first-order valence-electron chi connectivity index (χ1n) is 11.1. The molecule has 0 bridgehead atoms. The van der Waals surface area contributed by atoms with Crippen molar-refractivity contribution in [2.45, 2.75) is 6.92 Å². The maximum absolute atomic E-state index is 13.4. The molecule has 0 aliphatic carbocycles. The summed E-state index contributed by atoms with van der Waals surface area (Å²) in [5, 5.41) is 7.53. The molecule has 1 aromatic heterocycles. The molecule has 4 rings (SSSR count). The van der Waals surface area contributed by atoms with E-state index >= 15 is 0 Å². The summed E-state index contributed by atoms with van der Waals surface area (Å²) in [6.07, 6.45) is 3.81. The zero-order valence-electron chi connectivity index (χ0n) is 18.8. The van der Waals surface area contributed by atoms with Crippen LogP contribution in [0.2, 0.25) is 0 Å². The molecule has 0 spiro atoms. The van der Waals surface area contributed by atoms with Gasteiger partial charge in [0.2, 0.25) is 0 Å². The quantitative estimate of drug-likeness (QED) is 0.383. The van der Waals surface area contributed by atoms with Crippen LogP contribution >= 0.6 is 0 Å². The normalized spacial score (nSPS) is 10.9. The number of benzene rings is 3. The number of esters is 1. The van der Waals surface area contributed by atoms with Gasteiger partial charge in [-0.15, -0.1) is 0 Å². The molecule has 0 unspecified atom stereocenters. The molecule has 0 saturated heterocycles. The van der Waals surface area contributed by atoms with Crippen LogP contribution in [0.3, 0.4) is 0 Å². The summed E-state index contributed by atoms with van der Waals surface area (Å²) in [5.41, 5.74) is 4.12. The maximum atomic E-state index is 13.4. The Kier molecular flexibility index (Phi) is 7.30. The van der Waals surface area contributed by atoms with Crippen molar-refractivity contribution in [3.63, 3.8) is 0 Å². The van der Waals surface area contributed by atoms with Gasteiger partial charge in [-0.05, 0) is 30.7 Å². The number of carbonyl (C=O) groups is 2. The van der Waals surface area contributed by atoms with Gasteiger partial charge in [0.05, 0.1) is 23.6 Å². The number of amides is 1. The van der Waals surface area contributed by atoms with Gasteiger partial charge >= 0.3 is 5.97 Å². The summed E-state index contributed by atoms with van der Waals surface area (Å²) in [6.45, 7) is 1.75. The molecule has 0 aliphatic heterocycles. The van der Waals surface area contributed by atoms with Crippen LogP contribution in [0.1, 0.15) is 28.5 Å². The second-order valence-corrected chi connectivity index (χ2v) is 7.45. The number of para-hydroxylation sites is 1. The second kappa shape index (κ2) is 10.9. The van der Waals surface area contributed by atoms with Gasteiger partial charge in [0.1, 0.15) is 12.2 Å². The Hall–Kier alpha value is -4.45. The molecule has 1 N–H and O–H groups in total. The number of carbonyl (C=O) groups excluding carboxylic acids is 2. The minimum atomic E-state index is -0.492. The minimum absolute atomic E-state index is 0.223. The van der Waals surface area contributed by atoms with Crippen LogP contribution in [0, 0.1) is 0 Å². The van der Waals surface area contributed by atoms with Crippen molar-refractivity contribution < 1.29 is 14.3 Å². The van der Waals surface area contributed by atoms with E-state index in [1.807, 2.05) is 103 Å². The molecular weight excluding hydrogens is 426 g/mol. The van der Waals surface area contributed by atoms with Crippen LogP contribution in [-0.4, -0.2) is 34.8 Å². The third-order valence-electron chi connectivity index (χ3n) is 5.13. The van der Waals surface area contributed by atoms with Crippen molar-refractivity contribution >= 4 is 24.0 Å². The fourth-order valence-corrected chi connectivity index (χ4v) is 3.57. The van der Waals surface area contributed by atoms with Crippen LogP contribution in [0.4, 0.5) is 0 Å². The minimum Gasteiger partial charge on any atom is -0.465 e. The topological polar surface area (TPSA) is 73.2 Å². The van der Waals surface area contributed by atoms with Crippen LogP contribution in [0.15, 0.2) is 91.0 Å². The van der Waals surface area contributed by atoms with Gasteiger partial charge in [0, 0.05) is 5.56 Å². The summed E-state index contributed by atoms with van der Waals surface area (Å²) in [4.78, 5) is 25.3. The highest BCUT2D eigenvalue weighted by Crippen LogP contribution is 2.29. The van der Waals surface area contributed by atoms with E-state index in [0.717, 1.165) is 16.8 Å². The molecule has 1 amide bonds. The molecule has 6 heteroatoms. The van der Waals surface area contributed by atoms with Gasteiger partial charge in [-0.2, -0.15) is 5.10 Å². The van der Waals surface area contributed by atoms with Crippen molar-refractivity contribution in [2.75, 3.05) is 13.2 Å². The number of hydrogen-bond donors (Lipinski definition) is 1. The average Bonchev–Trinajstić information content (AvgIpc) is 3.27. The predicted molar refractivity (Wildman–Crippen MR) is 133 cm³/mol. The van der Waals surface area contributed by atoms with Gasteiger partial charge in [0.15, 0.2) is 0 Å². The molecule has 4 aromatic rings. The highest BCUT2D eigenvalue weighted by atomic mass is 16.5. The smallest absolute Gasteiger partial charge is 0.325 e. The van der Waals surface area contributed by atoms with Gasteiger partial charge in [-0.1, -0.05) is 84.9 Å². The molecular formula is C28H25N3O3. The van der Waals surface area contributed by atoms with Gasteiger partial charge < -0.3 is 10.1 Å². The van der Waals surface area contributed by atoms with E-state index in [9.17, 15) is 9.59 Å². The van der Waals surface area contributed by atoms with E-state index in [-0.39, 0.29) is 13.2 Å². The third kappa shape index (κ3) is 5.30. The van der Waals surface area contributed by atoms with Gasteiger partial charge in [-0.3, -0.25) is 9.59 Å². The molecule has 0 atom stereocenters. The molecule has 0 fully saturated rings. The number of aromatic nitrogens is 2. The zero-order valence-corrected chi connectivity index (χ0v) is 18.8. The Morgan fingerprint density at radius 3 is 2.15 bits per heavy atom. The summed E-state index contributed by atoms with van der Waals surface area (Å²) in [5.74, 6) is -0.893. The molecule has 0 saturated carbocycles. The number of ether oxygens (including phenoxy) is 1. The molecule has 6 nitrogen and oxygen atoms in total. The zero-order chi connectivity index (χ0) is 23.8. The largest absolute Gasteiger partial charge is 0.465 e. The Morgan fingerprint density at radius 1 is 0.882 bits per heavy atom. The Labute approximate surface area is 198 Å². The molecule has 170 valence electrons. The SMILES string of the molecule is CCOC(=O)CNC(=O)c1c(-c2ccccc2)nn(-c2ccccc2)c1/C=C/c1ccccc1. The first kappa shape index (κ1) is 22.7. The van der Waals surface area contributed by atoms with Crippen molar-refractivity contribution in [1.29, 1.82) is 0 Å². The number of nitrogens with one attached hydrogen (secondary N) is 1. The Bertz CT molecular complexity index is 1280. The number of hydrogen-bond acceptors (Lipinski definition) is 4. The molecule has 3 aromatic carbocycles. The van der Waals surface area contributed by atoms with Gasteiger partial charge in [0.25, 0.3) is 5.91 Å². The summed E-state index contributed by atoms with van der Waals surface area (Å²) < 4.78 is 6.72.